The van der Waals surface area contributed by atoms with Crippen LogP contribution < -0.4 is 4.72 Å². The van der Waals surface area contributed by atoms with Crippen molar-refractivity contribution in [2.24, 2.45) is 0 Å². The van der Waals surface area contributed by atoms with E-state index in [2.05, 4.69) is 0 Å². The normalized spacial score (nSPS) is 12.3. The number of amides is 1. The van der Waals surface area contributed by atoms with Crippen LogP contribution in [0.4, 0.5) is 30.7 Å². The molecule has 0 saturated heterocycles. The van der Waals surface area contributed by atoms with Crippen LogP contribution in [0.1, 0.15) is 10.4 Å². The van der Waals surface area contributed by atoms with E-state index in [-0.39, 0.29) is 6.07 Å². The summed E-state index contributed by atoms with van der Waals surface area (Å²) >= 11 is 0. The zero-order chi connectivity index (χ0) is 15.9. The summed E-state index contributed by atoms with van der Waals surface area (Å²) < 4.78 is 108. The second kappa shape index (κ2) is 4.92. The van der Waals surface area contributed by atoms with Crippen LogP contribution in [0.5, 0.6) is 0 Å². The lowest BCUT2D eigenvalue weighted by Gasteiger charge is -2.10. The molecule has 0 aliphatic heterocycles. The number of alkyl halides is 3. The molecule has 0 unspecified atom stereocenters. The Bertz CT molecular complexity index is 668. The number of halogens is 7. The van der Waals surface area contributed by atoms with Gasteiger partial charge in [-0.3, -0.25) is 4.79 Å². The van der Waals surface area contributed by atoms with Gasteiger partial charge >= 0.3 is 15.5 Å². The molecule has 0 aromatic heterocycles. The van der Waals surface area contributed by atoms with Gasteiger partial charge in [0.05, 0.1) is 5.56 Å². The lowest BCUT2D eigenvalue weighted by Crippen LogP contribution is -2.40. The standard InChI is InChI=1S/C8H2F7NO3S/c9-3-1-2(4(10)6(12)5(3)11)7(17)16-20(18,19)8(13,14)15/h1H,(H,16,17). The van der Waals surface area contributed by atoms with Crippen molar-refractivity contribution in [3.63, 3.8) is 0 Å². The molecule has 1 aromatic carbocycles. The summed E-state index contributed by atoms with van der Waals surface area (Å²) in [6.07, 6.45) is 0. The number of carbonyl (C=O) groups is 1. The molecular weight excluding hydrogens is 323 g/mol. The van der Waals surface area contributed by atoms with Crippen LogP contribution in [0, 0.1) is 23.3 Å². The van der Waals surface area contributed by atoms with Crippen molar-refractivity contribution < 1.29 is 43.9 Å². The third kappa shape index (κ3) is 2.84. The number of nitrogens with one attached hydrogen (secondary N) is 1. The number of hydrogen-bond acceptors (Lipinski definition) is 3. The lowest BCUT2D eigenvalue weighted by atomic mass is 10.2. The molecule has 112 valence electrons. The summed E-state index contributed by atoms with van der Waals surface area (Å²) in [5.41, 5.74) is -7.65. The van der Waals surface area contributed by atoms with Crippen LogP contribution >= 0.6 is 0 Å². The van der Waals surface area contributed by atoms with E-state index in [0.717, 1.165) is 0 Å². The summed E-state index contributed by atoms with van der Waals surface area (Å²) in [5.74, 6) is -11.5. The first kappa shape index (κ1) is 16.2. The molecule has 1 rings (SSSR count). The average Bonchev–Trinajstić information content (AvgIpc) is 2.29. The van der Waals surface area contributed by atoms with Gasteiger partial charge in [-0.2, -0.15) is 21.6 Å². The molecule has 0 radical (unpaired) electrons. The van der Waals surface area contributed by atoms with E-state index in [1.54, 1.807) is 0 Å². The maximum absolute atomic E-state index is 13.0. The maximum atomic E-state index is 13.0. The van der Waals surface area contributed by atoms with Gasteiger partial charge in [-0.1, -0.05) is 0 Å². The summed E-state index contributed by atoms with van der Waals surface area (Å²) in [6.45, 7) is 0. The Morgan fingerprint density at radius 3 is 1.95 bits per heavy atom. The van der Waals surface area contributed by atoms with Crippen molar-refractivity contribution in [2.45, 2.75) is 5.51 Å². The molecule has 0 aliphatic rings. The van der Waals surface area contributed by atoms with Gasteiger partial charge in [0, 0.05) is 0 Å². The highest BCUT2D eigenvalue weighted by atomic mass is 32.2. The molecule has 0 bridgehead atoms. The zero-order valence-corrected chi connectivity index (χ0v) is 9.67. The average molecular weight is 325 g/mol. The largest absolute Gasteiger partial charge is 0.516 e. The van der Waals surface area contributed by atoms with Crippen LogP contribution in [-0.2, 0) is 10.0 Å². The van der Waals surface area contributed by atoms with Gasteiger partial charge in [-0.05, 0) is 6.07 Å². The minimum absolute atomic E-state index is 0.283. The summed E-state index contributed by atoms with van der Waals surface area (Å²) in [5, 5.41) is 0. The van der Waals surface area contributed by atoms with Gasteiger partial charge in [0.25, 0.3) is 5.91 Å². The van der Waals surface area contributed by atoms with Crippen molar-refractivity contribution in [1.29, 1.82) is 0 Å². The predicted molar refractivity (Wildman–Crippen MR) is 48.7 cm³/mol. The van der Waals surface area contributed by atoms with Crippen molar-refractivity contribution >= 4 is 15.9 Å². The van der Waals surface area contributed by atoms with Crippen molar-refractivity contribution in [1.82, 2.24) is 4.72 Å². The monoisotopic (exact) mass is 325 g/mol. The Balaban J connectivity index is 3.26. The molecule has 0 heterocycles. The minimum Gasteiger partial charge on any atom is -0.268 e. The van der Waals surface area contributed by atoms with Crippen LogP contribution in [0.15, 0.2) is 6.07 Å². The molecule has 0 fully saturated rings. The van der Waals surface area contributed by atoms with E-state index in [4.69, 9.17) is 0 Å². The van der Waals surface area contributed by atoms with E-state index in [0.29, 0.717) is 4.72 Å². The zero-order valence-electron chi connectivity index (χ0n) is 8.86. The fraction of sp³-hybridized carbons (Fsp3) is 0.125. The second-order valence-corrected chi connectivity index (χ2v) is 4.90. The number of sulfonamides is 1. The fourth-order valence-electron chi connectivity index (χ4n) is 0.973. The molecule has 12 heteroatoms. The summed E-state index contributed by atoms with van der Waals surface area (Å²) in [6, 6.07) is -0.283. The minimum atomic E-state index is -6.20. The molecule has 1 aromatic rings. The van der Waals surface area contributed by atoms with Crippen LogP contribution in [0.2, 0.25) is 0 Å². The molecule has 0 atom stereocenters. The van der Waals surface area contributed by atoms with E-state index < -0.39 is 50.3 Å². The Morgan fingerprint density at radius 2 is 1.50 bits per heavy atom. The Labute approximate surface area is 106 Å². The van der Waals surface area contributed by atoms with Gasteiger partial charge in [0.15, 0.2) is 23.3 Å². The van der Waals surface area contributed by atoms with Gasteiger partial charge in [0.2, 0.25) is 0 Å². The molecule has 0 aliphatic carbocycles. The first-order chi connectivity index (χ1) is 8.88. The number of rotatable bonds is 2. The fourth-order valence-corrected chi connectivity index (χ4v) is 1.44. The molecule has 1 amide bonds. The molecule has 0 spiro atoms. The van der Waals surface area contributed by atoms with Crippen molar-refractivity contribution in [3.05, 3.63) is 34.9 Å². The van der Waals surface area contributed by atoms with Gasteiger partial charge in [-0.15, -0.1) is 0 Å². The summed E-state index contributed by atoms with van der Waals surface area (Å²) in [4.78, 5) is 11.1. The van der Waals surface area contributed by atoms with Crippen LogP contribution in [0.3, 0.4) is 0 Å². The molecule has 4 nitrogen and oxygen atoms in total. The Kier molecular flexibility index (Phi) is 3.99. The molecule has 20 heavy (non-hydrogen) atoms. The highest BCUT2D eigenvalue weighted by molar-refractivity contribution is 7.90. The predicted octanol–water partition coefficient (Wildman–Crippen LogP) is 1.82. The highest BCUT2D eigenvalue weighted by Crippen LogP contribution is 2.23. The Hall–Kier alpha value is -1.85. The molecular formula is C8H2F7NO3S. The van der Waals surface area contributed by atoms with Gasteiger partial charge in [0.1, 0.15) is 0 Å². The Morgan fingerprint density at radius 1 is 1.00 bits per heavy atom. The maximum Gasteiger partial charge on any atom is 0.516 e. The third-order valence-electron chi connectivity index (χ3n) is 1.88. The number of benzene rings is 1. The van der Waals surface area contributed by atoms with E-state index >= 15 is 0 Å². The quantitative estimate of drug-likeness (QED) is 0.513. The SMILES string of the molecule is O=C(NS(=O)(=O)C(F)(F)F)c1cc(F)c(F)c(F)c1F. The van der Waals surface area contributed by atoms with Crippen molar-refractivity contribution in [2.75, 3.05) is 0 Å². The van der Waals surface area contributed by atoms with Crippen LogP contribution in [-0.4, -0.2) is 19.8 Å². The van der Waals surface area contributed by atoms with Crippen LogP contribution in [0.25, 0.3) is 0 Å². The lowest BCUT2D eigenvalue weighted by molar-refractivity contribution is -0.0446. The molecule has 1 N–H and O–H groups in total. The van der Waals surface area contributed by atoms with E-state index in [9.17, 15) is 43.9 Å². The first-order valence-electron chi connectivity index (χ1n) is 4.35. The smallest absolute Gasteiger partial charge is 0.268 e. The van der Waals surface area contributed by atoms with Gasteiger partial charge in [-0.25, -0.2) is 22.3 Å². The topological polar surface area (TPSA) is 63.2 Å². The van der Waals surface area contributed by atoms with E-state index in [1.807, 2.05) is 0 Å². The second-order valence-electron chi connectivity index (χ2n) is 3.23. The van der Waals surface area contributed by atoms with Crippen molar-refractivity contribution in [3.8, 4) is 0 Å². The highest BCUT2D eigenvalue weighted by Gasteiger charge is 2.47. The number of carbonyl (C=O) groups excluding carboxylic acids is 1. The molecule has 0 saturated carbocycles. The third-order valence-corrected chi connectivity index (χ3v) is 2.94. The van der Waals surface area contributed by atoms with E-state index in [1.165, 1.54) is 0 Å². The summed E-state index contributed by atoms with van der Waals surface area (Å²) in [7, 11) is -6.20. The van der Waals surface area contributed by atoms with Gasteiger partial charge < -0.3 is 0 Å². The number of hydrogen-bond donors (Lipinski definition) is 1. The first-order valence-corrected chi connectivity index (χ1v) is 5.83.